The van der Waals surface area contributed by atoms with Crippen LogP contribution in [0.3, 0.4) is 0 Å². The van der Waals surface area contributed by atoms with Crippen molar-refractivity contribution in [2.45, 2.75) is 19.4 Å². The van der Waals surface area contributed by atoms with Gasteiger partial charge in [0, 0.05) is 25.3 Å². The highest BCUT2D eigenvalue weighted by Crippen LogP contribution is 2.23. The number of nitrogens with zero attached hydrogens (tertiary/aromatic N) is 1. The molecule has 106 valence electrons. The second-order valence-corrected chi connectivity index (χ2v) is 4.36. The standard InChI is InChI=1S/C14H21FN2O2/c1-2-12(18)10-16-11-3-4-14(13(15)9-11)17-5-7-19-8-6-17/h3-4,9,12,16,18H,2,5-8,10H2,1H3/t12-/m0/s1/i7D2,8D2. The average molecular weight is 272 g/mol. The Labute approximate surface area is 118 Å². The molecule has 1 aliphatic rings. The number of hydrogen-bond donors (Lipinski definition) is 2. The third-order valence-electron chi connectivity index (χ3n) is 2.96. The van der Waals surface area contributed by atoms with E-state index in [0.717, 1.165) is 0 Å². The molecule has 1 saturated heterocycles. The number of rotatable bonds is 5. The highest BCUT2D eigenvalue weighted by atomic mass is 19.1. The lowest BCUT2D eigenvalue weighted by molar-refractivity contribution is 0.122. The van der Waals surface area contributed by atoms with Gasteiger partial charge in [-0.2, -0.15) is 0 Å². The van der Waals surface area contributed by atoms with E-state index in [9.17, 15) is 9.50 Å². The van der Waals surface area contributed by atoms with E-state index in [-0.39, 0.29) is 18.8 Å². The number of nitrogens with one attached hydrogen (secondary N) is 1. The minimum absolute atomic E-state index is 0.114. The van der Waals surface area contributed by atoms with E-state index in [1.165, 1.54) is 17.0 Å². The molecule has 0 unspecified atom stereocenters. The van der Waals surface area contributed by atoms with Crippen molar-refractivity contribution in [2.75, 3.05) is 43.0 Å². The van der Waals surface area contributed by atoms with Crippen molar-refractivity contribution < 1.29 is 19.7 Å². The topological polar surface area (TPSA) is 44.7 Å². The molecule has 19 heavy (non-hydrogen) atoms. The Hall–Kier alpha value is -1.33. The fourth-order valence-corrected chi connectivity index (χ4v) is 1.75. The Morgan fingerprint density at radius 3 is 2.89 bits per heavy atom. The molecule has 0 radical (unpaired) electrons. The zero-order chi connectivity index (χ0) is 17.3. The summed E-state index contributed by atoms with van der Waals surface area (Å²) in [7, 11) is 0. The first kappa shape index (κ1) is 9.55. The van der Waals surface area contributed by atoms with Crippen LogP contribution in [-0.4, -0.2) is 44.0 Å². The SMILES string of the molecule is [2H]C1([2H])CN(c2ccc(NC[C@@H](O)CC)cc2F)CC([2H])([2H])O1. The molecule has 5 heteroatoms. The van der Waals surface area contributed by atoms with Gasteiger partial charge in [-0.05, 0) is 24.6 Å². The van der Waals surface area contributed by atoms with E-state index in [1.807, 2.05) is 6.92 Å². The lowest BCUT2D eigenvalue weighted by atomic mass is 10.2. The lowest BCUT2D eigenvalue weighted by Gasteiger charge is -2.29. The molecule has 0 spiro atoms. The third kappa shape index (κ3) is 3.81. The van der Waals surface area contributed by atoms with Gasteiger partial charge in [-0.3, -0.25) is 0 Å². The quantitative estimate of drug-likeness (QED) is 0.858. The molecule has 1 aromatic rings. The van der Waals surface area contributed by atoms with Gasteiger partial charge in [-0.25, -0.2) is 4.39 Å². The van der Waals surface area contributed by atoms with Crippen LogP contribution in [0.15, 0.2) is 18.2 Å². The molecule has 1 heterocycles. The molecule has 0 aliphatic carbocycles. The monoisotopic (exact) mass is 272 g/mol. The van der Waals surface area contributed by atoms with E-state index >= 15 is 0 Å². The number of hydrogen-bond acceptors (Lipinski definition) is 4. The molecule has 1 atom stereocenters. The predicted molar refractivity (Wildman–Crippen MR) is 74.2 cm³/mol. The van der Waals surface area contributed by atoms with Crippen LogP contribution in [0.25, 0.3) is 0 Å². The van der Waals surface area contributed by atoms with Gasteiger partial charge in [0.05, 0.1) is 30.4 Å². The number of aliphatic hydroxyl groups excluding tert-OH is 1. The molecule has 4 nitrogen and oxygen atoms in total. The number of ether oxygens (including phenoxy) is 1. The summed E-state index contributed by atoms with van der Waals surface area (Å²) in [4.78, 5) is 1.30. The number of morpholine rings is 1. The predicted octanol–water partition coefficient (Wildman–Crippen LogP) is 1.85. The van der Waals surface area contributed by atoms with Crippen molar-refractivity contribution in [1.29, 1.82) is 0 Å². The van der Waals surface area contributed by atoms with Crippen LogP contribution in [0.4, 0.5) is 15.8 Å². The smallest absolute Gasteiger partial charge is 0.148 e. The van der Waals surface area contributed by atoms with Crippen LogP contribution >= 0.6 is 0 Å². The van der Waals surface area contributed by atoms with E-state index < -0.39 is 25.0 Å². The minimum Gasteiger partial charge on any atom is -0.391 e. The van der Waals surface area contributed by atoms with Gasteiger partial charge < -0.3 is 20.1 Å². The minimum atomic E-state index is -2.20. The maximum Gasteiger partial charge on any atom is 0.148 e. The molecule has 1 fully saturated rings. The molecular weight excluding hydrogens is 247 g/mol. The summed E-state index contributed by atoms with van der Waals surface area (Å²) < 4.78 is 49.5. The van der Waals surface area contributed by atoms with Crippen LogP contribution in [0.2, 0.25) is 0 Å². The number of anilines is 2. The first-order valence-corrected chi connectivity index (χ1v) is 6.28. The maximum absolute atomic E-state index is 14.3. The number of aliphatic hydroxyl groups is 1. The zero-order valence-corrected chi connectivity index (χ0v) is 10.8. The summed E-state index contributed by atoms with van der Waals surface area (Å²) in [6, 6.07) is 4.33. The van der Waals surface area contributed by atoms with E-state index in [4.69, 9.17) is 10.2 Å². The summed E-state index contributed by atoms with van der Waals surface area (Å²) >= 11 is 0. The Morgan fingerprint density at radius 2 is 2.26 bits per heavy atom. The van der Waals surface area contributed by atoms with E-state index in [1.54, 1.807) is 6.07 Å². The van der Waals surface area contributed by atoms with Crippen LogP contribution in [0.5, 0.6) is 0 Å². The second kappa shape index (κ2) is 6.73. The molecule has 0 saturated carbocycles. The molecule has 2 rings (SSSR count). The van der Waals surface area contributed by atoms with E-state index in [2.05, 4.69) is 5.32 Å². The Bertz CT molecular complexity index is 544. The van der Waals surface area contributed by atoms with Gasteiger partial charge in [0.15, 0.2) is 0 Å². The molecular formula is C14H21FN2O2. The summed E-state index contributed by atoms with van der Waals surface area (Å²) in [5.74, 6) is -0.588. The normalized spacial score (nSPS) is 25.7. The Kier molecular flexibility index (Phi) is 3.38. The molecule has 1 aromatic carbocycles. The van der Waals surface area contributed by atoms with Crippen LogP contribution < -0.4 is 10.2 Å². The number of benzene rings is 1. The van der Waals surface area contributed by atoms with Crippen molar-refractivity contribution in [3.05, 3.63) is 24.0 Å². The fraction of sp³-hybridized carbons (Fsp3) is 0.571. The van der Waals surface area contributed by atoms with Gasteiger partial charge in [-0.1, -0.05) is 6.92 Å². The van der Waals surface area contributed by atoms with Crippen molar-refractivity contribution >= 4 is 11.4 Å². The van der Waals surface area contributed by atoms with Gasteiger partial charge >= 0.3 is 0 Å². The second-order valence-electron chi connectivity index (χ2n) is 4.36. The molecule has 1 aliphatic heterocycles. The van der Waals surface area contributed by atoms with Crippen molar-refractivity contribution in [3.63, 3.8) is 0 Å². The van der Waals surface area contributed by atoms with Crippen LogP contribution in [0, 0.1) is 5.82 Å². The van der Waals surface area contributed by atoms with Gasteiger partial charge in [-0.15, -0.1) is 0 Å². The first-order valence-electron chi connectivity index (χ1n) is 8.28. The zero-order valence-electron chi connectivity index (χ0n) is 14.8. The fourth-order valence-electron chi connectivity index (χ4n) is 1.75. The molecule has 2 N–H and O–H groups in total. The summed E-state index contributed by atoms with van der Waals surface area (Å²) in [5, 5.41) is 12.4. The maximum atomic E-state index is 14.3. The highest BCUT2D eigenvalue weighted by molar-refractivity contribution is 5.56. The van der Waals surface area contributed by atoms with Crippen molar-refractivity contribution in [2.24, 2.45) is 0 Å². The molecule has 0 amide bonds. The Balaban J connectivity index is 2.14. The van der Waals surface area contributed by atoms with Crippen LogP contribution in [0.1, 0.15) is 18.8 Å². The summed E-state index contributed by atoms with van der Waals surface area (Å²) in [6.07, 6.45) is 0.0716. The number of halogens is 1. The molecule has 0 aromatic heterocycles. The Morgan fingerprint density at radius 1 is 1.53 bits per heavy atom. The van der Waals surface area contributed by atoms with Gasteiger partial charge in [0.2, 0.25) is 0 Å². The van der Waals surface area contributed by atoms with Gasteiger partial charge in [0.25, 0.3) is 0 Å². The van der Waals surface area contributed by atoms with E-state index in [0.29, 0.717) is 18.7 Å². The lowest BCUT2D eigenvalue weighted by Crippen LogP contribution is -2.36. The van der Waals surface area contributed by atoms with Crippen molar-refractivity contribution in [1.82, 2.24) is 0 Å². The molecule has 0 bridgehead atoms. The third-order valence-corrected chi connectivity index (χ3v) is 2.96. The van der Waals surface area contributed by atoms with Crippen LogP contribution in [-0.2, 0) is 4.74 Å². The average Bonchev–Trinajstić information content (AvgIpc) is 2.41. The summed E-state index contributed by atoms with van der Waals surface area (Å²) in [6.45, 7) is -2.77. The summed E-state index contributed by atoms with van der Waals surface area (Å²) in [5.41, 5.74) is 0.612. The largest absolute Gasteiger partial charge is 0.391 e. The first-order chi connectivity index (χ1) is 10.6. The highest BCUT2D eigenvalue weighted by Gasteiger charge is 2.15. The van der Waals surface area contributed by atoms with Crippen molar-refractivity contribution in [3.8, 4) is 0 Å². The van der Waals surface area contributed by atoms with Gasteiger partial charge in [0.1, 0.15) is 5.82 Å².